The molecule has 0 aromatic carbocycles. The summed E-state index contributed by atoms with van der Waals surface area (Å²) in [5.74, 6) is 0.436. The van der Waals surface area contributed by atoms with Gasteiger partial charge in [-0.3, -0.25) is 9.48 Å². The molecular weight excluding hydrogens is 330 g/mol. The number of hydrogen-bond acceptors (Lipinski definition) is 6. The first kappa shape index (κ1) is 16.4. The van der Waals surface area contributed by atoms with Gasteiger partial charge in [-0.2, -0.15) is 5.10 Å². The first-order valence-corrected chi connectivity index (χ1v) is 8.76. The van der Waals surface area contributed by atoms with Crippen molar-refractivity contribution in [1.82, 2.24) is 30.0 Å². The molecule has 1 amide bonds. The molecule has 0 unspecified atom stereocenters. The molecule has 1 aliphatic heterocycles. The van der Waals surface area contributed by atoms with Gasteiger partial charge in [0.25, 0.3) is 0 Å². The van der Waals surface area contributed by atoms with E-state index < -0.39 is 0 Å². The Morgan fingerprint density at radius 3 is 2.88 bits per heavy atom. The van der Waals surface area contributed by atoms with E-state index in [1.807, 2.05) is 12.1 Å². The van der Waals surface area contributed by atoms with Gasteiger partial charge in [0.05, 0.1) is 5.69 Å². The number of amides is 1. The largest absolute Gasteiger partial charge is 0.367 e. The SMILES string of the molecule is C[C@H]1C[C@@H](NC(=O)Cn2cccn2)CN(c2ccnc3nccnc23)C1. The third-order valence-corrected chi connectivity index (χ3v) is 4.58. The predicted octanol–water partition coefficient (Wildman–Crippen LogP) is 1.25. The summed E-state index contributed by atoms with van der Waals surface area (Å²) in [5, 5.41) is 7.23. The highest BCUT2D eigenvalue weighted by molar-refractivity contribution is 5.85. The van der Waals surface area contributed by atoms with E-state index >= 15 is 0 Å². The van der Waals surface area contributed by atoms with Crippen molar-refractivity contribution in [2.24, 2.45) is 5.92 Å². The number of nitrogens with one attached hydrogen (secondary N) is 1. The van der Waals surface area contributed by atoms with Crippen LogP contribution in [-0.2, 0) is 11.3 Å². The number of hydrogen-bond donors (Lipinski definition) is 1. The van der Waals surface area contributed by atoms with Crippen molar-refractivity contribution in [3.63, 3.8) is 0 Å². The Hall–Kier alpha value is -3.03. The highest BCUT2D eigenvalue weighted by atomic mass is 16.2. The number of piperidine rings is 1. The summed E-state index contributed by atoms with van der Waals surface area (Å²) in [6.07, 6.45) is 9.51. The molecule has 4 rings (SSSR count). The van der Waals surface area contributed by atoms with E-state index in [-0.39, 0.29) is 18.5 Å². The molecule has 1 N–H and O–H groups in total. The van der Waals surface area contributed by atoms with Gasteiger partial charge in [-0.15, -0.1) is 0 Å². The van der Waals surface area contributed by atoms with Crippen LogP contribution in [0.25, 0.3) is 11.2 Å². The molecule has 0 spiro atoms. The third-order valence-electron chi connectivity index (χ3n) is 4.58. The fraction of sp³-hybridized carbons (Fsp3) is 0.389. The van der Waals surface area contributed by atoms with E-state index in [0.717, 1.165) is 30.7 Å². The smallest absolute Gasteiger partial charge is 0.242 e. The molecule has 0 bridgehead atoms. The van der Waals surface area contributed by atoms with Crippen molar-refractivity contribution in [2.75, 3.05) is 18.0 Å². The molecule has 4 heterocycles. The second-order valence-electron chi connectivity index (χ2n) is 6.77. The molecule has 0 aliphatic carbocycles. The zero-order chi connectivity index (χ0) is 17.9. The lowest BCUT2D eigenvalue weighted by atomic mass is 9.95. The van der Waals surface area contributed by atoms with E-state index in [4.69, 9.17) is 0 Å². The van der Waals surface area contributed by atoms with Gasteiger partial charge < -0.3 is 10.2 Å². The monoisotopic (exact) mass is 351 g/mol. The molecule has 0 radical (unpaired) electrons. The number of aromatic nitrogens is 5. The molecule has 134 valence electrons. The molecule has 8 heteroatoms. The van der Waals surface area contributed by atoms with Crippen LogP contribution in [-0.4, -0.2) is 49.8 Å². The molecule has 26 heavy (non-hydrogen) atoms. The molecular formula is C18H21N7O. The minimum atomic E-state index is -0.0212. The molecule has 0 saturated carbocycles. The molecule has 1 fully saturated rings. The van der Waals surface area contributed by atoms with Crippen molar-refractivity contribution >= 4 is 22.8 Å². The van der Waals surface area contributed by atoms with Crippen LogP contribution in [0.15, 0.2) is 43.1 Å². The van der Waals surface area contributed by atoms with Gasteiger partial charge in [-0.25, -0.2) is 15.0 Å². The van der Waals surface area contributed by atoms with E-state index in [2.05, 4.69) is 37.2 Å². The van der Waals surface area contributed by atoms with Gasteiger partial charge in [0.1, 0.15) is 12.1 Å². The number of anilines is 1. The topological polar surface area (TPSA) is 88.8 Å². The normalized spacial score (nSPS) is 20.3. The Labute approximate surface area is 151 Å². The summed E-state index contributed by atoms with van der Waals surface area (Å²) >= 11 is 0. The molecule has 1 saturated heterocycles. The first-order chi connectivity index (χ1) is 12.7. The Morgan fingerprint density at radius 2 is 2.04 bits per heavy atom. The van der Waals surface area contributed by atoms with Crippen LogP contribution in [0, 0.1) is 5.92 Å². The number of carbonyl (C=O) groups is 1. The second kappa shape index (κ2) is 7.07. The van der Waals surface area contributed by atoms with Crippen molar-refractivity contribution in [1.29, 1.82) is 0 Å². The average molecular weight is 351 g/mol. The number of fused-ring (bicyclic) bond motifs is 1. The minimum Gasteiger partial charge on any atom is -0.367 e. The summed E-state index contributed by atoms with van der Waals surface area (Å²) in [5.41, 5.74) is 2.45. The first-order valence-electron chi connectivity index (χ1n) is 8.76. The van der Waals surface area contributed by atoms with E-state index in [1.54, 1.807) is 35.7 Å². The lowest BCUT2D eigenvalue weighted by Gasteiger charge is -2.38. The fourth-order valence-electron chi connectivity index (χ4n) is 3.59. The van der Waals surface area contributed by atoms with Gasteiger partial charge in [0.2, 0.25) is 5.91 Å². The summed E-state index contributed by atoms with van der Waals surface area (Å²) in [6, 6.07) is 3.87. The molecule has 8 nitrogen and oxygen atoms in total. The van der Waals surface area contributed by atoms with Crippen molar-refractivity contribution < 1.29 is 4.79 Å². The lowest BCUT2D eigenvalue weighted by molar-refractivity contribution is -0.122. The van der Waals surface area contributed by atoms with Crippen LogP contribution in [0.5, 0.6) is 0 Å². The van der Waals surface area contributed by atoms with Gasteiger partial charge in [0, 0.05) is 50.1 Å². The van der Waals surface area contributed by atoms with Crippen molar-refractivity contribution in [3.05, 3.63) is 43.1 Å². The van der Waals surface area contributed by atoms with Crippen LogP contribution in [0.2, 0.25) is 0 Å². The number of pyridine rings is 1. The Balaban J connectivity index is 1.50. The highest BCUT2D eigenvalue weighted by Crippen LogP contribution is 2.27. The zero-order valence-corrected chi connectivity index (χ0v) is 14.6. The highest BCUT2D eigenvalue weighted by Gasteiger charge is 2.27. The van der Waals surface area contributed by atoms with Crippen LogP contribution < -0.4 is 10.2 Å². The van der Waals surface area contributed by atoms with Gasteiger partial charge in [-0.1, -0.05) is 6.92 Å². The number of nitrogens with zero attached hydrogens (tertiary/aromatic N) is 6. The van der Waals surface area contributed by atoms with Crippen LogP contribution >= 0.6 is 0 Å². The quantitative estimate of drug-likeness (QED) is 0.761. The zero-order valence-electron chi connectivity index (χ0n) is 14.6. The third kappa shape index (κ3) is 3.49. The number of carbonyl (C=O) groups excluding carboxylic acids is 1. The summed E-state index contributed by atoms with van der Waals surface area (Å²) in [4.78, 5) is 27.6. The van der Waals surface area contributed by atoms with Crippen LogP contribution in [0.1, 0.15) is 13.3 Å². The van der Waals surface area contributed by atoms with Crippen molar-refractivity contribution in [3.8, 4) is 0 Å². The standard InChI is InChI=1S/C18H21N7O/c1-13-9-14(23-16(26)12-25-8-2-4-22-25)11-24(10-13)15-3-5-20-18-17(15)19-6-7-21-18/h2-8,13-14H,9-12H2,1H3,(H,23,26)/t13-,14+/m0/s1. The van der Waals surface area contributed by atoms with Gasteiger partial charge >= 0.3 is 0 Å². The van der Waals surface area contributed by atoms with E-state index in [9.17, 15) is 4.79 Å². The maximum absolute atomic E-state index is 12.3. The summed E-state index contributed by atoms with van der Waals surface area (Å²) in [6.45, 7) is 4.10. The van der Waals surface area contributed by atoms with Gasteiger partial charge in [-0.05, 0) is 24.5 Å². The van der Waals surface area contributed by atoms with Crippen LogP contribution in [0.3, 0.4) is 0 Å². The molecule has 2 atom stereocenters. The average Bonchev–Trinajstić information content (AvgIpc) is 3.13. The van der Waals surface area contributed by atoms with E-state index in [1.165, 1.54) is 0 Å². The molecule has 1 aliphatic rings. The summed E-state index contributed by atoms with van der Waals surface area (Å²) in [7, 11) is 0. The Kier molecular flexibility index (Phi) is 4.47. The maximum Gasteiger partial charge on any atom is 0.242 e. The van der Waals surface area contributed by atoms with Crippen molar-refractivity contribution in [2.45, 2.75) is 25.9 Å². The lowest BCUT2D eigenvalue weighted by Crippen LogP contribution is -2.51. The molecule has 3 aromatic rings. The Morgan fingerprint density at radius 1 is 1.19 bits per heavy atom. The van der Waals surface area contributed by atoms with Crippen LogP contribution in [0.4, 0.5) is 5.69 Å². The van der Waals surface area contributed by atoms with E-state index in [0.29, 0.717) is 11.6 Å². The Bertz CT molecular complexity index is 890. The number of rotatable bonds is 4. The predicted molar refractivity (Wildman–Crippen MR) is 97.5 cm³/mol. The maximum atomic E-state index is 12.3. The van der Waals surface area contributed by atoms with Gasteiger partial charge in [0.15, 0.2) is 5.65 Å². The second-order valence-corrected chi connectivity index (χ2v) is 6.77. The minimum absolute atomic E-state index is 0.0212. The molecule has 3 aromatic heterocycles. The fourth-order valence-corrected chi connectivity index (χ4v) is 3.59. The summed E-state index contributed by atoms with van der Waals surface area (Å²) < 4.78 is 1.63.